The van der Waals surface area contributed by atoms with E-state index in [1.165, 1.54) is 5.56 Å². The molecule has 32 heavy (non-hydrogen) atoms. The third-order valence-electron chi connectivity index (χ3n) is 5.66. The molecule has 0 saturated heterocycles. The molecule has 4 heteroatoms. The van der Waals surface area contributed by atoms with Crippen molar-refractivity contribution in [2.75, 3.05) is 7.11 Å². The maximum absolute atomic E-state index is 14.6. The fourth-order valence-corrected chi connectivity index (χ4v) is 6.39. The van der Waals surface area contributed by atoms with Crippen molar-refractivity contribution in [3.63, 3.8) is 0 Å². The summed E-state index contributed by atoms with van der Waals surface area (Å²) in [7, 11) is -1.40. The van der Waals surface area contributed by atoms with Gasteiger partial charge in [0.05, 0.1) is 7.11 Å². The summed E-state index contributed by atoms with van der Waals surface area (Å²) in [5, 5.41) is 5.22. The first-order valence-electron chi connectivity index (χ1n) is 10.9. The van der Waals surface area contributed by atoms with E-state index in [0.29, 0.717) is 0 Å². The number of ether oxygens (including phenoxy) is 1. The van der Waals surface area contributed by atoms with Crippen molar-refractivity contribution in [3.05, 3.63) is 126 Å². The Morgan fingerprint density at radius 1 is 0.719 bits per heavy atom. The van der Waals surface area contributed by atoms with Crippen molar-refractivity contribution in [2.24, 2.45) is 0 Å². The second kappa shape index (κ2) is 10.5. The molecule has 0 saturated carbocycles. The minimum Gasteiger partial charge on any atom is -0.497 e. The first kappa shape index (κ1) is 22.1. The maximum atomic E-state index is 14.6. The van der Waals surface area contributed by atoms with Crippen molar-refractivity contribution >= 4 is 17.9 Å². The van der Waals surface area contributed by atoms with E-state index in [0.717, 1.165) is 34.8 Å². The SMILES string of the molecule is COc1ccc(C(CCc2ccccc2)NP(=O)(c2ccccc2)c2ccccc2)cc1. The van der Waals surface area contributed by atoms with Gasteiger partial charge in [-0.1, -0.05) is 78.9 Å². The molecule has 3 nitrogen and oxygen atoms in total. The van der Waals surface area contributed by atoms with Gasteiger partial charge in [0.15, 0.2) is 0 Å². The van der Waals surface area contributed by atoms with Gasteiger partial charge in [0, 0.05) is 16.7 Å². The predicted octanol–water partition coefficient (Wildman–Crippen LogP) is 5.89. The fraction of sp³-hybridized carbons (Fsp3) is 0.143. The first-order valence-corrected chi connectivity index (χ1v) is 12.6. The zero-order chi connectivity index (χ0) is 22.2. The first-order chi connectivity index (χ1) is 15.7. The second-order valence-corrected chi connectivity index (χ2v) is 10.3. The smallest absolute Gasteiger partial charge is 0.205 e. The number of nitrogens with one attached hydrogen (secondary N) is 1. The Hall–Kier alpha value is -3.13. The van der Waals surface area contributed by atoms with Crippen LogP contribution >= 0.6 is 7.29 Å². The number of benzene rings is 4. The molecule has 1 N–H and O–H groups in total. The summed E-state index contributed by atoms with van der Waals surface area (Å²) in [4.78, 5) is 0. The van der Waals surface area contributed by atoms with Gasteiger partial charge in [0.1, 0.15) is 5.75 Å². The molecule has 0 aromatic heterocycles. The van der Waals surface area contributed by atoms with E-state index in [2.05, 4.69) is 41.5 Å². The maximum Gasteiger partial charge on any atom is 0.205 e. The lowest BCUT2D eigenvalue weighted by Gasteiger charge is -2.27. The lowest BCUT2D eigenvalue weighted by molar-refractivity contribution is 0.414. The molecule has 0 fully saturated rings. The molecule has 162 valence electrons. The minimum atomic E-state index is -3.07. The van der Waals surface area contributed by atoms with Crippen LogP contribution in [0.15, 0.2) is 115 Å². The average Bonchev–Trinajstić information content (AvgIpc) is 2.88. The van der Waals surface area contributed by atoms with Gasteiger partial charge in [-0.3, -0.25) is 9.65 Å². The van der Waals surface area contributed by atoms with Crippen LogP contribution in [0.25, 0.3) is 0 Å². The summed E-state index contributed by atoms with van der Waals surface area (Å²) < 4.78 is 19.9. The van der Waals surface area contributed by atoms with Crippen molar-refractivity contribution in [1.29, 1.82) is 0 Å². The average molecular weight is 442 g/mol. The van der Waals surface area contributed by atoms with Gasteiger partial charge >= 0.3 is 0 Å². The normalized spacial score (nSPS) is 12.3. The van der Waals surface area contributed by atoms with Gasteiger partial charge in [-0.25, -0.2) is 0 Å². The Bertz CT molecular complexity index is 1100. The van der Waals surface area contributed by atoms with Crippen LogP contribution in [0.4, 0.5) is 0 Å². The zero-order valence-electron chi connectivity index (χ0n) is 18.2. The Labute approximate surface area is 190 Å². The van der Waals surface area contributed by atoms with Gasteiger partial charge in [-0.15, -0.1) is 0 Å². The lowest BCUT2D eigenvalue weighted by Crippen LogP contribution is -2.31. The molecule has 1 atom stereocenters. The van der Waals surface area contributed by atoms with E-state index in [9.17, 15) is 4.57 Å². The Balaban J connectivity index is 1.71. The third-order valence-corrected chi connectivity index (χ3v) is 8.39. The highest BCUT2D eigenvalue weighted by Crippen LogP contribution is 2.42. The van der Waals surface area contributed by atoms with Crippen molar-refractivity contribution in [3.8, 4) is 5.75 Å². The molecule has 4 rings (SSSR count). The predicted molar refractivity (Wildman–Crippen MR) is 133 cm³/mol. The quantitative estimate of drug-likeness (QED) is 0.329. The minimum absolute atomic E-state index is 0.0904. The summed E-state index contributed by atoms with van der Waals surface area (Å²) >= 11 is 0. The molecular weight excluding hydrogens is 413 g/mol. The summed E-state index contributed by atoms with van der Waals surface area (Å²) in [5.41, 5.74) is 2.36. The summed E-state index contributed by atoms with van der Waals surface area (Å²) in [6, 6.07) is 37.8. The summed E-state index contributed by atoms with van der Waals surface area (Å²) in [6.45, 7) is 0. The van der Waals surface area contributed by atoms with Crippen LogP contribution in [0.1, 0.15) is 23.6 Å². The number of hydrogen-bond acceptors (Lipinski definition) is 2. The van der Waals surface area contributed by atoms with Gasteiger partial charge in [0.25, 0.3) is 0 Å². The molecule has 0 radical (unpaired) electrons. The molecule has 4 aromatic carbocycles. The van der Waals surface area contributed by atoms with E-state index >= 15 is 0 Å². The van der Waals surface area contributed by atoms with Crippen LogP contribution < -0.4 is 20.4 Å². The van der Waals surface area contributed by atoms with E-state index in [1.54, 1.807) is 7.11 Å². The van der Waals surface area contributed by atoms with Crippen molar-refractivity contribution < 1.29 is 9.30 Å². The van der Waals surface area contributed by atoms with Crippen LogP contribution in [0.2, 0.25) is 0 Å². The number of hydrogen-bond donors (Lipinski definition) is 1. The standard InChI is InChI=1S/C28H28NO2P/c1-31-25-20-18-24(19-21-25)28(22-17-23-11-5-2-6-12-23)29-32(30,26-13-7-3-8-14-26)27-15-9-4-10-16-27/h2-16,18-21,28H,17,22H2,1H3,(H,29,30). The highest BCUT2D eigenvalue weighted by molar-refractivity contribution is 7.76. The molecule has 1 unspecified atom stereocenters. The van der Waals surface area contributed by atoms with Crippen molar-refractivity contribution in [2.45, 2.75) is 18.9 Å². The topological polar surface area (TPSA) is 38.3 Å². The highest BCUT2D eigenvalue weighted by Gasteiger charge is 2.30. The number of methoxy groups -OCH3 is 1. The van der Waals surface area contributed by atoms with Crippen LogP contribution in [0.3, 0.4) is 0 Å². The number of aryl methyl sites for hydroxylation is 1. The molecule has 0 bridgehead atoms. The molecule has 0 amide bonds. The van der Waals surface area contributed by atoms with Gasteiger partial charge in [0.2, 0.25) is 7.29 Å². The van der Waals surface area contributed by atoms with Crippen molar-refractivity contribution in [1.82, 2.24) is 5.09 Å². The van der Waals surface area contributed by atoms with E-state index in [4.69, 9.17) is 4.74 Å². The van der Waals surface area contributed by atoms with Crippen LogP contribution in [0.5, 0.6) is 5.75 Å². The molecular formula is C28H28NO2P. The lowest BCUT2D eigenvalue weighted by atomic mass is 10.00. The van der Waals surface area contributed by atoms with E-state index < -0.39 is 7.29 Å². The monoisotopic (exact) mass is 441 g/mol. The Morgan fingerprint density at radius 2 is 1.22 bits per heavy atom. The summed E-state index contributed by atoms with van der Waals surface area (Å²) in [6.07, 6.45) is 1.70. The third kappa shape index (κ3) is 5.19. The van der Waals surface area contributed by atoms with Gasteiger partial charge in [-0.2, -0.15) is 0 Å². The molecule has 0 aliphatic heterocycles. The molecule has 0 aliphatic carbocycles. The Kier molecular flexibility index (Phi) is 7.21. The number of rotatable bonds is 9. The van der Waals surface area contributed by atoms with E-state index in [-0.39, 0.29) is 6.04 Å². The van der Waals surface area contributed by atoms with Gasteiger partial charge < -0.3 is 4.74 Å². The highest BCUT2D eigenvalue weighted by atomic mass is 31.2. The second-order valence-electron chi connectivity index (χ2n) is 7.76. The zero-order valence-corrected chi connectivity index (χ0v) is 19.1. The van der Waals surface area contributed by atoms with Crippen LogP contribution in [-0.2, 0) is 11.0 Å². The fourth-order valence-electron chi connectivity index (χ4n) is 3.89. The molecule has 0 heterocycles. The largest absolute Gasteiger partial charge is 0.497 e. The van der Waals surface area contributed by atoms with Gasteiger partial charge in [-0.05, 0) is 60.4 Å². The van der Waals surface area contributed by atoms with E-state index in [1.807, 2.05) is 78.9 Å². The molecule has 0 aliphatic rings. The van der Waals surface area contributed by atoms with Crippen LogP contribution in [-0.4, -0.2) is 7.11 Å². The Morgan fingerprint density at radius 3 is 1.72 bits per heavy atom. The molecule has 4 aromatic rings. The van der Waals surface area contributed by atoms with Crippen LogP contribution in [0, 0.1) is 0 Å². The summed E-state index contributed by atoms with van der Waals surface area (Å²) in [5.74, 6) is 0.810. The molecule has 0 spiro atoms.